The van der Waals surface area contributed by atoms with Gasteiger partial charge in [-0.2, -0.15) is 0 Å². The quantitative estimate of drug-likeness (QED) is 0.403. The molecule has 0 radical (unpaired) electrons. The minimum Gasteiger partial charge on any atom is -0.473 e. The molecule has 0 aromatic carbocycles. The van der Waals surface area contributed by atoms with Gasteiger partial charge in [-0.1, -0.05) is 0 Å². The van der Waals surface area contributed by atoms with Gasteiger partial charge in [0.05, 0.1) is 0 Å². The highest BCUT2D eigenvalue weighted by atomic mass is 16.7. The molecule has 2 amide bonds. The minimum absolute atomic E-state index is 0.0638. The van der Waals surface area contributed by atoms with E-state index in [0.717, 1.165) is 0 Å². The Kier molecular flexibility index (Phi) is 2.27. The molecule has 1 fully saturated rings. The van der Waals surface area contributed by atoms with Gasteiger partial charge in [-0.15, -0.1) is 5.06 Å². The fraction of sp³-hybridized carbons (Fsp3) is 0.333. The molecule has 0 bridgehead atoms. The van der Waals surface area contributed by atoms with E-state index < -0.39 is 23.8 Å². The smallest absolute Gasteiger partial charge is 0.441 e. The predicted octanol–water partition coefficient (Wildman–Crippen LogP) is -1.32. The molecule has 70 valence electrons. The van der Waals surface area contributed by atoms with E-state index in [0.29, 0.717) is 0 Å². The zero-order valence-corrected chi connectivity index (χ0v) is 6.35. The van der Waals surface area contributed by atoms with E-state index in [1.807, 2.05) is 0 Å². The average Bonchev–Trinajstić information content (AvgIpc) is 2.35. The molecule has 0 saturated carbocycles. The van der Waals surface area contributed by atoms with Crippen molar-refractivity contribution in [3.05, 3.63) is 0 Å². The third-order valence-electron chi connectivity index (χ3n) is 1.35. The molecule has 0 aromatic rings. The maximum absolute atomic E-state index is 10.8. The van der Waals surface area contributed by atoms with Crippen LogP contribution in [0.25, 0.3) is 0 Å². The van der Waals surface area contributed by atoms with E-state index in [4.69, 9.17) is 5.11 Å². The number of hydrogen-bond donors (Lipinski definition) is 1. The Bertz CT molecular complexity index is 279. The van der Waals surface area contributed by atoms with Crippen LogP contribution < -0.4 is 0 Å². The standard InChI is InChI=1S/C6H5NO6/c8-3-1-2-4(9)7(3)13-6(12)5(10)11/h1-2H2,(H,10,11). The Labute approximate surface area is 71.8 Å². The molecule has 1 rings (SSSR count). The zero-order valence-electron chi connectivity index (χ0n) is 6.35. The van der Waals surface area contributed by atoms with Crippen molar-refractivity contribution < 1.29 is 29.1 Å². The number of carbonyl (C=O) groups excluding carboxylic acids is 3. The number of amides is 2. The van der Waals surface area contributed by atoms with Crippen molar-refractivity contribution in [3.8, 4) is 0 Å². The molecule has 1 aliphatic rings. The number of hydroxylamine groups is 2. The first-order valence-corrected chi connectivity index (χ1v) is 3.33. The van der Waals surface area contributed by atoms with Gasteiger partial charge in [0, 0.05) is 12.8 Å². The second-order valence-corrected chi connectivity index (χ2v) is 2.27. The van der Waals surface area contributed by atoms with E-state index in [1.54, 1.807) is 0 Å². The monoisotopic (exact) mass is 187 g/mol. The Morgan fingerprint density at radius 3 is 2.08 bits per heavy atom. The van der Waals surface area contributed by atoms with Gasteiger partial charge in [0.15, 0.2) is 0 Å². The van der Waals surface area contributed by atoms with Crippen molar-refractivity contribution in [3.63, 3.8) is 0 Å². The van der Waals surface area contributed by atoms with E-state index in [-0.39, 0.29) is 17.9 Å². The topological polar surface area (TPSA) is 101 Å². The molecule has 7 nitrogen and oxygen atoms in total. The predicted molar refractivity (Wildman–Crippen MR) is 34.8 cm³/mol. The summed E-state index contributed by atoms with van der Waals surface area (Å²) in [7, 11) is 0. The Morgan fingerprint density at radius 2 is 1.69 bits per heavy atom. The molecule has 0 aliphatic carbocycles. The van der Waals surface area contributed by atoms with Crippen molar-refractivity contribution in [2.24, 2.45) is 0 Å². The van der Waals surface area contributed by atoms with Crippen molar-refractivity contribution >= 4 is 23.8 Å². The first-order chi connectivity index (χ1) is 6.02. The van der Waals surface area contributed by atoms with Crippen LogP contribution in [0.4, 0.5) is 0 Å². The number of carbonyl (C=O) groups is 4. The van der Waals surface area contributed by atoms with Crippen LogP contribution in [0.3, 0.4) is 0 Å². The molecule has 7 heteroatoms. The maximum Gasteiger partial charge on any atom is 0.441 e. The van der Waals surface area contributed by atoms with E-state index in [9.17, 15) is 19.2 Å². The molecular formula is C6H5NO6. The van der Waals surface area contributed by atoms with Gasteiger partial charge in [0.2, 0.25) is 0 Å². The second-order valence-electron chi connectivity index (χ2n) is 2.27. The highest BCUT2D eigenvalue weighted by Crippen LogP contribution is 2.11. The molecule has 0 aromatic heterocycles. The second kappa shape index (κ2) is 3.21. The number of aliphatic carboxylic acids is 1. The Hall–Kier alpha value is -1.92. The van der Waals surface area contributed by atoms with Crippen molar-refractivity contribution in [2.75, 3.05) is 0 Å². The lowest BCUT2D eigenvalue weighted by molar-refractivity contribution is -0.200. The van der Waals surface area contributed by atoms with Crippen molar-refractivity contribution in [2.45, 2.75) is 12.8 Å². The van der Waals surface area contributed by atoms with E-state index in [1.165, 1.54) is 0 Å². The Morgan fingerprint density at radius 1 is 1.23 bits per heavy atom. The fourth-order valence-electron chi connectivity index (χ4n) is 0.780. The lowest BCUT2D eigenvalue weighted by Crippen LogP contribution is -2.34. The number of hydrogen-bond acceptors (Lipinski definition) is 5. The van der Waals surface area contributed by atoms with Gasteiger partial charge < -0.3 is 9.94 Å². The summed E-state index contributed by atoms with van der Waals surface area (Å²) in [6.45, 7) is 0. The van der Waals surface area contributed by atoms with Crippen LogP contribution >= 0.6 is 0 Å². The number of carboxylic acids is 1. The summed E-state index contributed by atoms with van der Waals surface area (Å²) in [5, 5.41) is 8.27. The summed E-state index contributed by atoms with van der Waals surface area (Å²) in [6.07, 6.45) is -0.128. The molecular weight excluding hydrogens is 182 g/mol. The molecule has 0 unspecified atom stereocenters. The third kappa shape index (κ3) is 1.81. The first kappa shape index (κ1) is 9.17. The fourth-order valence-corrected chi connectivity index (χ4v) is 0.780. The molecule has 1 heterocycles. The number of carboxylic acid groups (broad SMARTS) is 1. The van der Waals surface area contributed by atoms with Crippen LogP contribution in [0.15, 0.2) is 0 Å². The number of rotatable bonds is 1. The van der Waals surface area contributed by atoms with Crippen LogP contribution in [-0.2, 0) is 24.0 Å². The van der Waals surface area contributed by atoms with Gasteiger partial charge in [-0.25, -0.2) is 9.59 Å². The normalized spacial score (nSPS) is 16.2. The van der Waals surface area contributed by atoms with Gasteiger partial charge in [-0.05, 0) is 0 Å². The first-order valence-electron chi connectivity index (χ1n) is 3.33. The molecule has 1 aliphatic heterocycles. The molecule has 1 saturated heterocycles. The van der Waals surface area contributed by atoms with E-state index >= 15 is 0 Å². The van der Waals surface area contributed by atoms with Crippen molar-refractivity contribution in [1.29, 1.82) is 0 Å². The zero-order chi connectivity index (χ0) is 10.0. The summed E-state index contributed by atoms with van der Waals surface area (Å²) in [4.78, 5) is 45.9. The van der Waals surface area contributed by atoms with Gasteiger partial charge in [0.25, 0.3) is 11.8 Å². The lowest BCUT2D eigenvalue weighted by atomic mass is 10.4. The third-order valence-corrected chi connectivity index (χ3v) is 1.35. The van der Waals surface area contributed by atoms with Crippen LogP contribution in [0.2, 0.25) is 0 Å². The number of imide groups is 1. The van der Waals surface area contributed by atoms with Crippen molar-refractivity contribution in [1.82, 2.24) is 5.06 Å². The SMILES string of the molecule is O=C(O)C(=O)ON1C(=O)CCC1=O. The van der Waals surface area contributed by atoms with Gasteiger partial charge in [-0.3, -0.25) is 9.59 Å². The summed E-state index contributed by atoms with van der Waals surface area (Å²) in [5.74, 6) is -4.92. The van der Waals surface area contributed by atoms with Crippen LogP contribution in [0.1, 0.15) is 12.8 Å². The highest BCUT2D eigenvalue weighted by molar-refractivity contribution is 6.29. The molecule has 1 N–H and O–H groups in total. The average molecular weight is 187 g/mol. The van der Waals surface area contributed by atoms with Gasteiger partial charge in [0.1, 0.15) is 0 Å². The molecule has 13 heavy (non-hydrogen) atoms. The summed E-state index contributed by atoms with van der Waals surface area (Å²) in [5.41, 5.74) is 0. The summed E-state index contributed by atoms with van der Waals surface area (Å²) in [6, 6.07) is 0. The highest BCUT2D eigenvalue weighted by Gasteiger charge is 2.34. The van der Waals surface area contributed by atoms with Crippen LogP contribution in [-0.4, -0.2) is 33.9 Å². The maximum atomic E-state index is 10.8. The summed E-state index contributed by atoms with van der Waals surface area (Å²) >= 11 is 0. The molecule has 0 spiro atoms. The summed E-state index contributed by atoms with van der Waals surface area (Å²) < 4.78 is 0. The molecule has 0 atom stereocenters. The van der Waals surface area contributed by atoms with E-state index in [2.05, 4.69) is 4.84 Å². The number of nitrogens with zero attached hydrogens (tertiary/aromatic N) is 1. The lowest BCUT2D eigenvalue weighted by Gasteiger charge is -2.09. The minimum atomic E-state index is -1.85. The Balaban J connectivity index is 2.63. The van der Waals surface area contributed by atoms with Crippen LogP contribution in [0, 0.1) is 0 Å². The largest absolute Gasteiger partial charge is 0.473 e. The van der Waals surface area contributed by atoms with Gasteiger partial charge >= 0.3 is 11.9 Å². The van der Waals surface area contributed by atoms with Crippen LogP contribution in [0.5, 0.6) is 0 Å².